The number of thiazole rings is 1. The number of amides is 1. The molecule has 0 atom stereocenters. The standard InChI is InChI=1S/C15H18F3N5OS/c1-22(9-12-21-11(10-25-12)15(16,17)18)13(24)14(3-6-19-7-4-14)23-8-2-5-20-23/h2,5,8,10,19H,3-4,6-7,9H2,1H3. The molecule has 0 aliphatic carbocycles. The first-order valence-corrected chi connectivity index (χ1v) is 8.69. The lowest BCUT2D eigenvalue weighted by Gasteiger charge is -2.39. The van der Waals surface area contributed by atoms with Crippen LogP contribution < -0.4 is 5.32 Å². The van der Waals surface area contributed by atoms with Gasteiger partial charge in [0.2, 0.25) is 0 Å². The molecule has 6 nitrogen and oxygen atoms in total. The van der Waals surface area contributed by atoms with Crippen molar-refractivity contribution in [3.63, 3.8) is 0 Å². The number of carbonyl (C=O) groups excluding carboxylic acids is 1. The summed E-state index contributed by atoms with van der Waals surface area (Å²) in [5.41, 5.74) is -1.73. The second-order valence-electron chi connectivity index (χ2n) is 6.02. The van der Waals surface area contributed by atoms with Gasteiger partial charge in [-0.1, -0.05) is 0 Å². The zero-order valence-corrected chi connectivity index (χ0v) is 14.4. The topological polar surface area (TPSA) is 63.1 Å². The zero-order chi connectivity index (χ0) is 18.1. The van der Waals surface area contributed by atoms with Gasteiger partial charge in [-0.15, -0.1) is 11.3 Å². The van der Waals surface area contributed by atoms with Crippen molar-refractivity contribution in [2.24, 2.45) is 0 Å². The molecule has 2 aromatic heterocycles. The molecular weight excluding hydrogens is 355 g/mol. The first-order valence-electron chi connectivity index (χ1n) is 7.81. The van der Waals surface area contributed by atoms with Crippen molar-refractivity contribution in [3.8, 4) is 0 Å². The summed E-state index contributed by atoms with van der Waals surface area (Å²) in [6, 6.07) is 1.76. The SMILES string of the molecule is CN(Cc1nc(C(F)(F)F)cs1)C(=O)C1(n2cccn2)CCNCC1. The van der Waals surface area contributed by atoms with E-state index in [1.165, 1.54) is 4.90 Å². The molecule has 136 valence electrons. The van der Waals surface area contributed by atoms with Gasteiger partial charge in [-0.05, 0) is 32.0 Å². The van der Waals surface area contributed by atoms with Crippen LogP contribution in [0.2, 0.25) is 0 Å². The van der Waals surface area contributed by atoms with Gasteiger partial charge in [-0.2, -0.15) is 18.3 Å². The Kier molecular flexibility index (Phi) is 4.83. The lowest BCUT2D eigenvalue weighted by molar-refractivity contribution is -0.142. The van der Waals surface area contributed by atoms with Crippen molar-refractivity contribution < 1.29 is 18.0 Å². The summed E-state index contributed by atoms with van der Waals surface area (Å²) in [6.45, 7) is 1.39. The summed E-state index contributed by atoms with van der Waals surface area (Å²) < 4.78 is 39.7. The Balaban J connectivity index is 1.79. The first kappa shape index (κ1) is 17.9. The molecule has 0 saturated carbocycles. The van der Waals surface area contributed by atoms with E-state index in [4.69, 9.17) is 0 Å². The Hall–Kier alpha value is -1.94. The number of rotatable bonds is 4. The van der Waals surface area contributed by atoms with Crippen molar-refractivity contribution in [1.29, 1.82) is 0 Å². The Labute approximate surface area is 146 Å². The highest BCUT2D eigenvalue weighted by Gasteiger charge is 2.44. The number of halogens is 3. The predicted molar refractivity (Wildman–Crippen MR) is 85.9 cm³/mol. The Bertz CT molecular complexity index is 722. The third-order valence-corrected chi connectivity index (χ3v) is 5.17. The maximum atomic E-state index is 13.1. The number of nitrogens with zero attached hydrogens (tertiary/aromatic N) is 4. The molecule has 2 aromatic rings. The quantitative estimate of drug-likeness (QED) is 0.892. The van der Waals surface area contributed by atoms with E-state index in [-0.39, 0.29) is 17.5 Å². The Morgan fingerprint density at radius 3 is 2.72 bits per heavy atom. The van der Waals surface area contributed by atoms with Crippen LogP contribution in [0.15, 0.2) is 23.8 Å². The van der Waals surface area contributed by atoms with Crippen LogP contribution >= 0.6 is 11.3 Å². The summed E-state index contributed by atoms with van der Waals surface area (Å²) in [6.07, 6.45) is 0.0470. The second kappa shape index (κ2) is 6.75. The van der Waals surface area contributed by atoms with E-state index in [0.29, 0.717) is 25.9 Å². The van der Waals surface area contributed by atoms with Crippen LogP contribution in [-0.4, -0.2) is 45.7 Å². The summed E-state index contributed by atoms with van der Waals surface area (Å²) in [7, 11) is 1.59. The fourth-order valence-electron chi connectivity index (χ4n) is 3.05. The fourth-order valence-corrected chi connectivity index (χ4v) is 3.90. The van der Waals surface area contributed by atoms with Crippen LogP contribution in [-0.2, 0) is 23.1 Å². The largest absolute Gasteiger partial charge is 0.434 e. The molecule has 1 aliphatic rings. The van der Waals surface area contributed by atoms with Crippen LogP contribution in [0.25, 0.3) is 0 Å². The van der Waals surface area contributed by atoms with Gasteiger partial charge >= 0.3 is 6.18 Å². The number of hydrogen-bond donors (Lipinski definition) is 1. The second-order valence-corrected chi connectivity index (χ2v) is 6.96. The summed E-state index contributed by atoms with van der Waals surface area (Å²) in [5.74, 6) is -0.165. The van der Waals surface area contributed by atoms with E-state index in [0.717, 1.165) is 16.7 Å². The maximum Gasteiger partial charge on any atom is 0.434 e. The van der Waals surface area contributed by atoms with E-state index in [1.54, 1.807) is 30.2 Å². The van der Waals surface area contributed by atoms with Crippen LogP contribution in [0.3, 0.4) is 0 Å². The fraction of sp³-hybridized carbons (Fsp3) is 0.533. The number of nitrogens with one attached hydrogen (secondary N) is 1. The first-order chi connectivity index (χ1) is 11.8. The molecule has 1 fully saturated rings. The minimum Gasteiger partial charge on any atom is -0.337 e. The van der Waals surface area contributed by atoms with E-state index in [9.17, 15) is 18.0 Å². The number of alkyl halides is 3. The Morgan fingerprint density at radius 1 is 1.44 bits per heavy atom. The molecular formula is C15H18F3N5OS. The molecule has 0 radical (unpaired) electrons. The van der Waals surface area contributed by atoms with Crippen molar-refractivity contribution >= 4 is 17.2 Å². The zero-order valence-electron chi connectivity index (χ0n) is 13.6. The van der Waals surface area contributed by atoms with Crippen LogP contribution in [0.1, 0.15) is 23.5 Å². The van der Waals surface area contributed by atoms with Crippen LogP contribution in [0, 0.1) is 0 Å². The van der Waals surface area contributed by atoms with Crippen molar-refractivity contribution in [2.75, 3.05) is 20.1 Å². The predicted octanol–water partition coefficient (Wildman–Crippen LogP) is 2.10. The van der Waals surface area contributed by atoms with Gasteiger partial charge < -0.3 is 10.2 Å². The highest BCUT2D eigenvalue weighted by Crippen LogP contribution is 2.32. The molecule has 0 unspecified atom stereocenters. The molecule has 1 amide bonds. The van der Waals surface area contributed by atoms with Crippen LogP contribution in [0.5, 0.6) is 0 Å². The van der Waals surface area contributed by atoms with Gasteiger partial charge in [0.15, 0.2) is 5.69 Å². The van der Waals surface area contributed by atoms with E-state index >= 15 is 0 Å². The number of likely N-dealkylation sites (N-methyl/N-ethyl adjacent to an activating group) is 1. The minimum absolute atomic E-state index is 0.0377. The summed E-state index contributed by atoms with van der Waals surface area (Å²) >= 11 is 0.905. The number of piperidine rings is 1. The average Bonchev–Trinajstić information content (AvgIpc) is 3.26. The van der Waals surface area contributed by atoms with Crippen molar-refractivity contribution in [1.82, 2.24) is 25.0 Å². The van der Waals surface area contributed by atoms with E-state index in [1.807, 2.05) is 0 Å². The van der Waals surface area contributed by atoms with Crippen LogP contribution in [0.4, 0.5) is 13.2 Å². The Morgan fingerprint density at radius 2 is 2.16 bits per heavy atom. The highest BCUT2D eigenvalue weighted by molar-refractivity contribution is 7.09. The van der Waals surface area contributed by atoms with E-state index < -0.39 is 17.4 Å². The van der Waals surface area contributed by atoms with Gasteiger partial charge in [0.25, 0.3) is 5.91 Å². The average molecular weight is 373 g/mol. The monoisotopic (exact) mass is 373 g/mol. The molecule has 0 bridgehead atoms. The third kappa shape index (κ3) is 3.54. The number of aromatic nitrogens is 3. The van der Waals surface area contributed by atoms with Gasteiger partial charge in [0.1, 0.15) is 10.5 Å². The normalized spacial score (nSPS) is 17.4. The molecule has 3 rings (SSSR count). The third-order valence-electron chi connectivity index (χ3n) is 4.33. The van der Waals surface area contributed by atoms with Gasteiger partial charge in [-0.3, -0.25) is 9.48 Å². The summed E-state index contributed by atoms with van der Waals surface area (Å²) in [4.78, 5) is 18.2. The van der Waals surface area contributed by atoms with Crippen molar-refractivity contribution in [2.45, 2.75) is 31.1 Å². The molecule has 25 heavy (non-hydrogen) atoms. The minimum atomic E-state index is -4.47. The van der Waals surface area contributed by atoms with Crippen molar-refractivity contribution in [3.05, 3.63) is 34.5 Å². The van der Waals surface area contributed by atoms with E-state index in [2.05, 4.69) is 15.4 Å². The number of hydrogen-bond acceptors (Lipinski definition) is 5. The highest BCUT2D eigenvalue weighted by atomic mass is 32.1. The molecule has 0 aromatic carbocycles. The molecule has 0 spiro atoms. The lowest BCUT2D eigenvalue weighted by atomic mass is 9.87. The molecule has 1 saturated heterocycles. The molecule has 1 aliphatic heterocycles. The number of carbonyl (C=O) groups is 1. The van der Waals surface area contributed by atoms with Gasteiger partial charge in [0, 0.05) is 24.8 Å². The van der Waals surface area contributed by atoms with Gasteiger partial charge in [0.05, 0.1) is 6.54 Å². The lowest BCUT2D eigenvalue weighted by Crippen LogP contribution is -2.54. The summed E-state index contributed by atoms with van der Waals surface area (Å²) in [5, 5.41) is 8.69. The maximum absolute atomic E-state index is 13.1. The molecule has 3 heterocycles. The van der Waals surface area contributed by atoms with Gasteiger partial charge in [-0.25, -0.2) is 4.98 Å². The smallest absolute Gasteiger partial charge is 0.337 e. The molecule has 1 N–H and O–H groups in total. The molecule has 10 heteroatoms.